The molecule has 0 spiro atoms. The molecule has 0 radical (unpaired) electrons. The van der Waals surface area contributed by atoms with E-state index in [1.54, 1.807) is 6.20 Å². The summed E-state index contributed by atoms with van der Waals surface area (Å²) in [6.07, 6.45) is 1.70. The molecule has 0 atom stereocenters. The summed E-state index contributed by atoms with van der Waals surface area (Å²) >= 11 is 8.99. The van der Waals surface area contributed by atoms with Crippen LogP contribution in [0, 0.1) is 0 Å². The zero-order chi connectivity index (χ0) is 10.6. The Morgan fingerprint density at radius 1 is 1.29 bits per heavy atom. The van der Waals surface area contributed by atoms with Crippen molar-refractivity contribution in [3.63, 3.8) is 0 Å². The van der Waals surface area contributed by atoms with Gasteiger partial charge in [0.2, 0.25) is 5.28 Å². The topological polar surface area (TPSA) is 25.8 Å². The Kier molecular flexibility index (Phi) is 4.04. The molecular weight excluding hydrogens is 263 g/mol. The van der Waals surface area contributed by atoms with E-state index >= 15 is 0 Å². The van der Waals surface area contributed by atoms with Crippen molar-refractivity contribution in [3.05, 3.63) is 47.3 Å². The first-order chi connectivity index (χ1) is 6.75. The predicted molar refractivity (Wildman–Crippen MR) is 63.5 cm³/mol. The van der Waals surface area contributed by atoms with Gasteiger partial charge in [0.25, 0.3) is 0 Å². The van der Waals surface area contributed by atoms with E-state index in [1.807, 2.05) is 18.2 Å². The standard InChI is InChI=1S/C8H4BrClN2.C2H4/c9-6-1-2-7-5(3-6)4-11-8(10)12-7;1-2/h1-4H;1-2H2. The highest BCUT2D eigenvalue weighted by molar-refractivity contribution is 9.10. The summed E-state index contributed by atoms with van der Waals surface area (Å²) < 4.78 is 1.01. The third kappa shape index (κ3) is 2.53. The first kappa shape index (κ1) is 11.1. The fourth-order valence-corrected chi connectivity index (χ4v) is 1.50. The molecule has 72 valence electrons. The second-order valence-electron chi connectivity index (χ2n) is 2.34. The average Bonchev–Trinajstić information content (AvgIpc) is 2.21. The van der Waals surface area contributed by atoms with Gasteiger partial charge in [0.05, 0.1) is 5.52 Å². The number of benzene rings is 1. The van der Waals surface area contributed by atoms with Crippen LogP contribution in [0.5, 0.6) is 0 Å². The molecule has 0 N–H and O–H groups in total. The van der Waals surface area contributed by atoms with Gasteiger partial charge >= 0.3 is 0 Å². The lowest BCUT2D eigenvalue weighted by Crippen LogP contribution is -1.82. The Bertz CT molecular complexity index is 404. The highest BCUT2D eigenvalue weighted by atomic mass is 79.9. The molecule has 0 unspecified atom stereocenters. The van der Waals surface area contributed by atoms with Crippen molar-refractivity contribution in [1.29, 1.82) is 0 Å². The van der Waals surface area contributed by atoms with Gasteiger partial charge in [-0.05, 0) is 29.8 Å². The summed E-state index contributed by atoms with van der Waals surface area (Å²) in [7, 11) is 0. The van der Waals surface area contributed by atoms with Crippen molar-refractivity contribution in [1.82, 2.24) is 9.97 Å². The largest absolute Gasteiger partial charge is 0.226 e. The minimum absolute atomic E-state index is 0.282. The van der Waals surface area contributed by atoms with E-state index in [-0.39, 0.29) is 5.28 Å². The number of rotatable bonds is 0. The van der Waals surface area contributed by atoms with Crippen LogP contribution in [-0.2, 0) is 0 Å². The minimum Gasteiger partial charge on any atom is -0.226 e. The molecule has 14 heavy (non-hydrogen) atoms. The number of hydrogen-bond donors (Lipinski definition) is 0. The molecule has 0 fully saturated rings. The maximum Gasteiger partial charge on any atom is 0.222 e. The van der Waals surface area contributed by atoms with Gasteiger partial charge in [0.1, 0.15) is 0 Å². The van der Waals surface area contributed by atoms with Crippen molar-refractivity contribution >= 4 is 38.4 Å². The summed E-state index contributed by atoms with van der Waals surface area (Å²) in [6, 6.07) is 5.77. The van der Waals surface area contributed by atoms with Gasteiger partial charge < -0.3 is 0 Å². The molecule has 1 aromatic heterocycles. The maximum absolute atomic E-state index is 5.62. The van der Waals surface area contributed by atoms with Crippen LogP contribution in [0.1, 0.15) is 0 Å². The van der Waals surface area contributed by atoms with Gasteiger partial charge in [-0.2, -0.15) is 0 Å². The molecule has 0 saturated carbocycles. The Morgan fingerprint density at radius 3 is 2.71 bits per heavy atom. The molecule has 0 aliphatic carbocycles. The number of hydrogen-bond acceptors (Lipinski definition) is 2. The maximum atomic E-state index is 5.62. The molecule has 1 heterocycles. The molecule has 2 rings (SSSR count). The Balaban J connectivity index is 0.000000461. The Labute approximate surface area is 95.8 Å². The van der Waals surface area contributed by atoms with E-state index in [4.69, 9.17) is 11.6 Å². The molecule has 2 aromatic rings. The lowest BCUT2D eigenvalue weighted by molar-refractivity contribution is 1.22. The van der Waals surface area contributed by atoms with Crippen molar-refractivity contribution in [2.24, 2.45) is 0 Å². The van der Waals surface area contributed by atoms with Crippen LogP contribution in [-0.4, -0.2) is 9.97 Å². The van der Waals surface area contributed by atoms with E-state index in [0.29, 0.717) is 0 Å². The van der Waals surface area contributed by atoms with Gasteiger partial charge in [-0.1, -0.05) is 15.9 Å². The highest BCUT2D eigenvalue weighted by Crippen LogP contribution is 2.18. The van der Waals surface area contributed by atoms with E-state index in [2.05, 4.69) is 39.1 Å². The number of halogens is 2. The lowest BCUT2D eigenvalue weighted by atomic mass is 10.2. The number of nitrogens with zero attached hydrogens (tertiary/aromatic N) is 2. The molecule has 1 aromatic carbocycles. The molecule has 0 amide bonds. The minimum atomic E-state index is 0.282. The summed E-state index contributed by atoms with van der Waals surface area (Å²) in [6.45, 7) is 6.00. The normalized spacial score (nSPS) is 9.29. The SMILES string of the molecule is C=C.Clc1ncc2cc(Br)ccc2n1. The third-order valence-electron chi connectivity index (χ3n) is 1.51. The Hall–Kier alpha value is -0.930. The van der Waals surface area contributed by atoms with Gasteiger partial charge in [-0.3, -0.25) is 0 Å². The summed E-state index contributed by atoms with van der Waals surface area (Å²) in [5, 5.41) is 1.26. The van der Waals surface area contributed by atoms with Gasteiger partial charge in [0.15, 0.2) is 0 Å². The summed E-state index contributed by atoms with van der Waals surface area (Å²) in [5.74, 6) is 0. The van der Waals surface area contributed by atoms with Crippen LogP contribution < -0.4 is 0 Å². The number of aromatic nitrogens is 2. The summed E-state index contributed by atoms with van der Waals surface area (Å²) in [4.78, 5) is 7.93. The fraction of sp³-hybridized carbons (Fsp3) is 0. The molecule has 0 aliphatic rings. The van der Waals surface area contributed by atoms with Crippen molar-refractivity contribution in [2.45, 2.75) is 0 Å². The van der Waals surface area contributed by atoms with Gasteiger partial charge in [-0.25, -0.2) is 9.97 Å². The molecule has 2 nitrogen and oxygen atoms in total. The second-order valence-corrected chi connectivity index (χ2v) is 3.60. The van der Waals surface area contributed by atoms with Gasteiger partial charge in [-0.15, -0.1) is 13.2 Å². The molecule has 0 saturated heterocycles. The van der Waals surface area contributed by atoms with Crippen LogP contribution >= 0.6 is 27.5 Å². The highest BCUT2D eigenvalue weighted by Gasteiger charge is 1.96. The molecule has 4 heteroatoms. The molecular formula is C10H8BrClN2. The number of fused-ring (bicyclic) bond motifs is 1. The van der Waals surface area contributed by atoms with Crippen LogP contribution in [0.3, 0.4) is 0 Å². The summed E-state index contributed by atoms with van der Waals surface area (Å²) in [5.41, 5.74) is 0.859. The van der Waals surface area contributed by atoms with Crippen LogP contribution in [0.2, 0.25) is 5.28 Å². The quantitative estimate of drug-likeness (QED) is 0.537. The average molecular weight is 272 g/mol. The van der Waals surface area contributed by atoms with E-state index in [0.717, 1.165) is 15.4 Å². The first-order valence-corrected chi connectivity index (χ1v) is 5.00. The van der Waals surface area contributed by atoms with Crippen LogP contribution in [0.4, 0.5) is 0 Å². The van der Waals surface area contributed by atoms with E-state index < -0.39 is 0 Å². The van der Waals surface area contributed by atoms with Crippen LogP contribution in [0.25, 0.3) is 10.9 Å². The first-order valence-electron chi connectivity index (χ1n) is 3.83. The van der Waals surface area contributed by atoms with Gasteiger partial charge in [0, 0.05) is 16.1 Å². The van der Waals surface area contributed by atoms with E-state index in [1.165, 1.54) is 0 Å². The Morgan fingerprint density at radius 2 is 2.00 bits per heavy atom. The third-order valence-corrected chi connectivity index (χ3v) is 2.19. The van der Waals surface area contributed by atoms with Crippen LogP contribution in [0.15, 0.2) is 42.0 Å². The van der Waals surface area contributed by atoms with Crippen molar-refractivity contribution < 1.29 is 0 Å². The zero-order valence-electron chi connectivity index (χ0n) is 7.37. The second kappa shape index (κ2) is 5.08. The predicted octanol–water partition coefficient (Wildman–Crippen LogP) is 3.85. The molecule has 0 aliphatic heterocycles. The smallest absolute Gasteiger partial charge is 0.222 e. The monoisotopic (exact) mass is 270 g/mol. The zero-order valence-corrected chi connectivity index (χ0v) is 9.72. The van der Waals surface area contributed by atoms with Crippen molar-refractivity contribution in [2.75, 3.05) is 0 Å². The lowest BCUT2D eigenvalue weighted by Gasteiger charge is -1.96. The molecule has 0 bridgehead atoms. The van der Waals surface area contributed by atoms with Crippen molar-refractivity contribution in [3.8, 4) is 0 Å². The van der Waals surface area contributed by atoms with E-state index in [9.17, 15) is 0 Å². The fourth-order valence-electron chi connectivity index (χ4n) is 0.982.